The summed E-state index contributed by atoms with van der Waals surface area (Å²) in [5, 5.41) is 9.62. The van der Waals surface area contributed by atoms with Crippen LogP contribution < -0.4 is 0 Å². The van der Waals surface area contributed by atoms with Gasteiger partial charge in [0.2, 0.25) is 0 Å². The normalized spacial score (nSPS) is 13.4. The van der Waals surface area contributed by atoms with Crippen molar-refractivity contribution >= 4 is 0 Å². The van der Waals surface area contributed by atoms with Crippen LogP contribution in [0.2, 0.25) is 0 Å². The second-order valence-corrected chi connectivity index (χ2v) is 3.91. The predicted molar refractivity (Wildman–Crippen MR) is 54.1 cm³/mol. The number of rotatable bonds is 6. The first-order valence-corrected chi connectivity index (χ1v) is 4.93. The van der Waals surface area contributed by atoms with Crippen LogP contribution >= 0.6 is 0 Å². The second-order valence-electron chi connectivity index (χ2n) is 3.91. The molecule has 0 bridgehead atoms. The highest BCUT2D eigenvalue weighted by Crippen LogP contribution is 2.15. The highest BCUT2D eigenvalue weighted by Gasteiger charge is 2.09. The Labute approximate surface area is 76.5 Å². The lowest BCUT2D eigenvalue weighted by Crippen LogP contribution is -2.12. The van der Waals surface area contributed by atoms with Crippen LogP contribution in [0.1, 0.15) is 46.5 Å². The van der Waals surface area contributed by atoms with Gasteiger partial charge in [-0.15, -0.1) is 0 Å². The van der Waals surface area contributed by atoms with Gasteiger partial charge in [0.25, 0.3) is 0 Å². The van der Waals surface area contributed by atoms with Crippen molar-refractivity contribution in [1.29, 1.82) is 0 Å². The van der Waals surface area contributed by atoms with E-state index in [9.17, 15) is 5.11 Å². The molecule has 0 radical (unpaired) electrons. The number of aliphatic hydroxyl groups is 1. The van der Waals surface area contributed by atoms with Crippen molar-refractivity contribution in [3.05, 3.63) is 12.2 Å². The molecule has 0 aliphatic heterocycles. The highest BCUT2D eigenvalue weighted by atomic mass is 16.3. The number of hydrogen-bond acceptors (Lipinski definition) is 1. The first-order chi connectivity index (χ1) is 5.57. The summed E-state index contributed by atoms with van der Waals surface area (Å²) in [6.07, 6.45) is 3.87. The van der Waals surface area contributed by atoms with E-state index in [-0.39, 0.29) is 6.10 Å². The van der Waals surface area contributed by atoms with Crippen LogP contribution in [0.4, 0.5) is 0 Å². The maximum Gasteiger partial charge on any atom is 0.0749 e. The Hall–Kier alpha value is -0.300. The van der Waals surface area contributed by atoms with Crippen molar-refractivity contribution < 1.29 is 5.11 Å². The van der Waals surface area contributed by atoms with Crippen LogP contribution in [-0.2, 0) is 0 Å². The van der Waals surface area contributed by atoms with Crippen molar-refractivity contribution in [3.8, 4) is 0 Å². The average molecular weight is 170 g/mol. The highest BCUT2D eigenvalue weighted by molar-refractivity contribution is 5.01. The van der Waals surface area contributed by atoms with Gasteiger partial charge in [-0.3, -0.25) is 0 Å². The van der Waals surface area contributed by atoms with E-state index in [1.54, 1.807) is 0 Å². The molecule has 72 valence electrons. The zero-order valence-electron chi connectivity index (χ0n) is 8.64. The van der Waals surface area contributed by atoms with Crippen molar-refractivity contribution in [2.45, 2.75) is 52.6 Å². The summed E-state index contributed by atoms with van der Waals surface area (Å²) in [5.41, 5.74) is 1.01. The van der Waals surface area contributed by atoms with Crippen molar-refractivity contribution in [3.63, 3.8) is 0 Å². The zero-order chi connectivity index (χ0) is 9.56. The van der Waals surface area contributed by atoms with Gasteiger partial charge in [0.05, 0.1) is 6.10 Å². The third-order valence-corrected chi connectivity index (χ3v) is 2.02. The average Bonchev–Trinajstić information content (AvgIpc) is 1.98. The Bertz CT molecular complexity index is 127. The maximum absolute atomic E-state index is 9.62. The quantitative estimate of drug-likeness (QED) is 0.607. The van der Waals surface area contributed by atoms with Gasteiger partial charge in [0.1, 0.15) is 0 Å². The van der Waals surface area contributed by atoms with Gasteiger partial charge in [-0.2, -0.15) is 0 Å². The molecule has 0 aromatic carbocycles. The topological polar surface area (TPSA) is 20.2 Å². The fraction of sp³-hybridized carbons (Fsp3) is 0.818. The van der Waals surface area contributed by atoms with Crippen LogP contribution in [0.15, 0.2) is 12.2 Å². The molecule has 0 amide bonds. The predicted octanol–water partition coefficient (Wildman–Crippen LogP) is 3.14. The molecule has 0 saturated heterocycles. The minimum Gasteiger partial charge on any atom is -0.389 e. The minimum atomic E-state index is -0.281. The van der Waals surface area contributed by atoms with E-state index < -0.39 is 0 Å². The molecule has 0 rings (SSSR count). The van der Waals surface area contributed by atoms with Crippen LogP contribution in [0.5, 0.6) is 0 Å². The Morgan fingerprint density at radius 2 is 2.00 bits per heavy atom. The van der Waals surface area contributed by atoms with E-state index >= 15 is 0 Å². The lowest BCUT2D eigenvalue weighted by Gasteiger charge is -2.15. The smallest absolute Gasteiger partial charge is 0.0749 e. The molecule has 0 heterocycles. The number of unbranched alkanes of at least 4 members (excludes halogenated alkanes) is 1. The molecule has 0 spiro atoms. The summed E-state index contributed by atoms with van der Waals surface area (Å²) in [4.78, 5) is 0. The van der Waals surface area contributed by atoms with Gasteiger partial charge < -0.3 is 5.11 Å². The molecule has 1 heteroatoms. The zero-order valence-corrected chi connectivity index (χ0v) is 8.64. The van der Waals surface area contributed by atoms with Crippen LogP contribution in [0.25, 0.3) is 0 Å². The summed E-state index contributed by atoms with van der Waals surface area (Å²) in [7, 11) is 0. The van der Waals surface area contributed by atoms with E-state index in [1.165, 1.54) is 6.42 Å². The molecule has 1 atom stereocenters. The van der Waals surface area contributed by atoms with Gasteiger partial charge in [-0.05, 0) is 30.8 Å². The van der Waals surface area contributed by atoms with E-state index in [0.29, 0.717) is 5.92 Å². The van der Waals surface area contributed by atoms with Crippen molar-refractivity contribution in [2.75, 3.05) is 0 Å². The van der Waals surface area contributed by atoms with Crippen LogP contribution in [0, 0.1) is 5.92 Å². The summed E-state index contributed by atoms with van der Waals surface area (Å²) < 4.78 is 0. The lowest BCUT2D eigenvalue weighted by atomic mass is 9.97. The summed E-state index contributed by atoms with van der Waals surface area (Å²) in [5.74, 6) is 0.554. The molecule has 1 nitrogen and oxygen atoms in total. The molecule has 1 N–H and O–H groups in total. The standard InChI is InChI=1S/C11H22O/c1-5-6-7-10(4)11(12)8-9(2)3/h9,11-12H,4-8H2,1-3H3. The molecule has 0 aliphatic rings. The van der Waals surface area contributed by atoms with E-state index in [1.807, 2.05) is 0 Å². The van der Waals surface area contributed by atoms with E-state index in [2.05, 4.69) is 27.4 Å². The molecular formula is C11H22O. The SMILES string of the molecule is C=C(CCCC)C(O)CC(C)C. The number of hydrogen-bond donors (Lipinski definition) is 1. The Morgan fingerprint density at radius 3 is 2.42 bits per heavy atom. The second kappa shape index (κ2) is 6.24. The largest absolute Gasteiger partial charge is 0.389 e. The van der Waals surface area contributed by atoms with Gasteiger partial charge in [0.15, 0.2) is 0 Å². The molecule has 0 aromatic heterocycles. The Morgan fingerprint density at radius 1 is 1.42 bits per heavy atom. The van der Waals surface area contributed by atoms with Crippen LogP contribution in [0.3, 0.4) is 0 Å². The molecular weight excluding hydrogens is 148 g/mol. The Kier molecular flexibility index (Phi) is 6.09. The van der Waals surface area contributed by atoms with Crippen molar-refractivity contribution in [2.24, 2.45) is 5.92 Å². The summed E-state index contributed by atoms with van der Waals surface area (Å²) >= 11 is 0. The molecule has 0 fully saturated rings. The monoisotopic (exact) mass is 170 g/mol. The molecule has 0 aliphatic carbocycles. The van der Waals surface area contributed by atoms with Gasteiger partial charge in [-0.1, -0.05) is 33.8 Å². The van der Waals surface area contributed by atoms with Crippen molar-refractivity contribution in [1.82, 2.24) is 0 Å². The molecule has 1 unspecified atom stereocenters. The van der Waals surface area contributed by atoms with E-state index in [4.69, 9.17) is 0 Å². The van der Waals surface area contributed by atoms with Gasteiger partial charge >= 0.3 is 0 Å². The fourth-order valence-electron chi connectivity index (χ4n) is 1.18. The summed E-state index contributed by atoms with van der Waals surface area (Å²) in [6.45, 7) is 10.3. The summed E-state index contributed by atoms with van der Waals surface area (Å²) in [6, 6.07) is 0. The Balaban J connectivity index is 3.61. The fourth-order valence-corrected chi connectivity index (χ4v) is 1.18. The third-order valence-electron chi connectivity index (χ3n) is 2.02. The van der Waals surface area contributed by atoms with Crippen LogP contribution in [-0.4, -0.2) is 11.2 Å². The lowest BCUT2D eigenvalue weighted by molar-refractivity contribution is 0.179. The molecule has 12 heavy (non-hydrogen) atoms. The number of aliphatic hydroxyl groups excluding tert-OH is 1. The molecule has 0 saturated carbocycles. The van der Waals surface area contributed by atoms with E-state index in [0.717, 1.165) is 24.8 Å². The maximum atomic E-state index is 9.62. The third kappa shape index (κ3) is 5.36. The first-order valence-electron chi connectivity index (χ1n) is 4.93. The minimum absolute atomic E-state index is 0.281. The molecule has 0 aromatic rings. The van der Waals surface area contributed by atoms with Gasteiger partial charge in [-0.25, -0.2) is 0 Å². The first kappa shape index (κ1) is 11.7. The van der Waals surface area contributed by atoms with Gasteiger partial charge in [0, 0.05) is 0 Å².